The molecule has 0 saturated heterocycles. The maximum absolute atomic E-state index is 13.1. The number of benzene rings is 1. The van der Waals surface area contributed by atoms with Crippen molar-refractivity contribution in [1.29, 1.82) is 5.26 Å². The van der Waals surface area contributed by atoms with E-state index in [4.69, 9.17) is 35.8 Å². The molecule has 1 aliphatic heterocycles. The second-order valence-electron chi connectivity index (χ2n) is 7.54. The Labute approximate surface area is 215 Å². The largest absolute Gasteiger partial charge is 0.466 e. The Bertz CT molecular complexity index is 1080. The first kappa shape index (κ1) is 28.8. The molecule has 0 saturated carbocycles. The normalized spacial score (nSPS) is 16.1. The molecule has 0 amide bonds. The third-order valence-corrected chi connectivity index (χ3v) is 5.60. The number of rotatable bonds is 12. The lowest BCUT2D eigenvalue weighted by molar-refractivity contribution is -0.144. The van der Waals surface area contributed by atoms with E-state index in [2.05, 4.69) is 10.6 Å². The topological polar surface area (TPSA) is 136 Å². The van der Waals surface area contributed by atoms with E-state index in [0.717, 1.165) is 0 Å². The van der Waals surface area contributed by atoms with Crippen LogP contribution >= 0.6 is 11.6 Å². The zero-order chi connectivity index (χ0) is 26.7. The standard InChI is InChI=1S/C25H30ClN3O7/c1-5-35-23(30)18(13-27)28-11-12-34-14-19-22(25(32)36-6-2)21(16-9-7-8-10-17(16)26)20(15(3)29-19)24(31)33-4/h7-10,18,21,28-29H,5-6,11-12,14H2,1-4H3. The van der Waals surface area contributed by atoms with Gasteiger partial charge >= 0.3 is 17.9 Å². The van der Waals surface area contributed by atoms with Crippen LogP contribution in [0.25, 0.3) is 0 Å². The number of nitrogens with one attached hydrogen (secondary N) is 2. The molecule has 10 nitrogen and oxygen atoms in total. The number of dihydropyridines is 1. The van der Waals surface area contributed by atoms with Gasteiger partial charge in [0, 0.05) is 17.3 Å². The van der Waals surface area contributed by atoms with Crippen LogP contribution in [-0.2, 0) is 33.3 Å². The van der Waals surface area contributed by atoms with Crippen molar-refractivity contribution in [3.05, 3.63) is 57.4 Å². The summed E-state index contributed by atoms with van der Waals surface area (Å²) in [6, 6.07) is 7.62. The van der Waals surface area contributed by atoms with Crippen LogP contribution in [-0.4, -0.2) is 64.0 Å². The quantitative estimate of drug-likeness (QED) is 0.240. The van der Waals surface area contributed by atoms with E-state index in [9.17, 15) is 14.4 Å². The summed E-state index contributed by atoms with van der Waals surface area (Å²) in [6.07, 6.45) is 0. The fourth-order valence-electron chi connectivity index (χ4n) is 3.72. The van der Waals surface area contributed by atoms with Gasteiger partial charge in [0.2, 0.25) is 0 Å². The number of carbonyl (C=O) groups excluding carboxylic acids is 3. The van der Waals surface area contributed by atoms with E-state index in [-0.39, 0.29) is 44.1 Å². The smallest absolute Gasteiger partial charge is 0.337 e. The van der Waals surface area contributed by atoms with Gasteiger partial charge in [-0.05, 0) is 32.4 Å². The summed E-state index contributed by atoms with van der Waals surface area (Å²) in [5, 5.41) is 15.3. The highest BCUT2D eigenvalue weighted by atomic mass is 35.5. The molecule has 11 heteroatoms. The summed E-state index contributed by atoms with van der Waals surface area (Å²) in [7, 11) is 1.26. The number of halogens is 1. The minimum Gasteiger partial charge on any atom is -0.466 e. The Balaban J connectivity index is 2.33. The second kappa shape index (κ2) is 14.2. The van der Waals surface area contributed by atoms with Crippen molar-refractivity contribution in [2.45, 2.75) is 32.7 Å². The number of carbonyl (C=O) groups is 3. The Morgan fingerprint density at radius 3 is 2.44 bits per heavy atom. The van der Waals surface area contributed by atoms with Gasteiger partial charge in [0.25, 0.3) is 0 Å². The van der Waals surface area contributed by atoms with E-state index in [1.807, 2.05) is 6.07 Å². The first-order valence-corrected chi connectivity index (χ1v) is 11.8. The lowest BCUT2D eigenvalue weighted by atomic mass is 9.80. The van der Waals surface area contributed by atoms with Gasteiger partial charge in [-0.1, -0.05) is 29.8 Å². The summed E-state index contributed by atoms with van der Waals surface area (Å²) in [6.45, 7) is 5.55. The zero-order valence-corrected chi connectivity index (χ0v) is 21.4. The molecule has 0 aromatic heterocycles. The predicted octanol–water partition coefficient (Wildman–Crippen LogP) is 2.35. The van der Waals surface area contributed by atoms with Crippen molar-refractivity contribution in [1.82, 2.24) is 10.6 Å². The van der Waals surface area contributed by atoms with Gasteiger partial charge in [-0.3, -0.25) is 5.32 Å². The third kappa shape index (κ3) is 7.07. The molecule has 2 atom stereocenters. The van der Waals surface area contributed by atoms with Gasteiger partial charge in [0.15, 0.2) is 6.04 Å². The molecule has 194 valence electrons. The molecule has 1 heterocycles. The number of esters is 3. The van der Waals surface area contributed by atoms with Gasteiger partial charge in [0.05, 0.1) is 62.4 Å². The van der Waals surface area contributed by atoms with Crippen LogP contribution in [0.4, 0.5) is 0 Å². The molecule has 2 unspecified atom stereocenters. The second-order valence-corrected chi connectivity index (χ2v) is 7.95. The highest BCUT2D eigenvalue weighted by Crippen LogP contribution is 2.41. The third-order valence-electron chi connectivity index (χ3n) is 5.25. The monoisotopic (exact) mass is 519 g/mol. The van der Waals surface area contributed by atoms with Gasteiger partial charge in [0.1, 0.15) is 0 Å². The van der Waals surface area contributed by atoms with Gasteiger partial charge < -0.3 is 24.3 Å². The summed E-state index contributed by atoms with van der Waals surface area (Å²) >= 11 is 6.48. The van der Waals surface area contributed by atoms with Crippen LogP contribution in [0.15, 0.2) is 46.8 Å². The average Bonchev–Trinajstić information content (AvgIpc) is 2.85. The van der Waals surface area contributed by atoms with Crippen molar-refractivity contribution in [3.63, 3.8) is 0 Å². The van der Waals surface area contributed by atoms with E-state index in [1.165, 1.54) is 7.11 Å². The molecular weight excluding hydrogens is 490 g/mol. The molecule has 0 radical (unpaired) electrons. The first-order chi connectivity index (χ1) is 17.3. The summed E-state index contributed by atoms with van der Waals surface area (Å²) < 4.78 is 20.9. The van der Waals surface area contributed by atoms with Crippen LogP contribution in [0.3, 0.4) is 0 Å². The lowest BCUT2D eigenvalue weighted by Crippen LogP contribution is -2.39. The molecule has 0 aliphatic carbocycles. The van der Waals surface area contributed by atoms with E-state index < -0.39 is 29.9 Å². The molecule has 0 fully saturated rings. The first-order valence-electron chi connectivity index (χ1n) is 11.4. The van der Waals surface area contributed by atoms with Crippen LogP contribution < -0.4 is 10.6 Å². The Morgan fingerprint density at radius 2 is 1.83 bits per heavy atom. The van der Waals surface area contributed by atoms with Crippen molar-refractivity contribution in [2.75, 3.05) is 40.1 Å². The molecule has 1 aliphatic rings. The summed E-state index contributed by atoms with van der Waals surface area (Å²) in [4.78, 5) is 37.6. The van der Waals surface area contributed by atoms with E-state index >= 15 is 0 Å². The van der Waals surface area contributed by atoms with Crippen LogP contribution in [0, 0.1) is 11.3 Å². The number of nitriles is 1. The molecule has 1 aromatic rings. The summed E-state index contributed by atoms with van der Waals surface area (Å²) in [5.41, 5.74) is 1.80. The van der Waals surface area contributed by atoms with Crippen LogP contribution in [0.2, 0.25) is 5.02 Å². The Morgan fingerprint density at radius 1 is 1.14 bits per heavy atom. The van der Waals surface area contributed by atoms with Crippen LogP contribution in [0.5, 0.6) is 0 Å². The lowest BCUT2D eigenvalue weighted by Gasteiger charge is -2.31. The minimum absolute atomic E-state index is 0.0425. The maximum Gasteiger partial charge on any atom is 0.337 e. The highest BCUT2D eigenvalue weighted by Gasteiger charge is 2.39. The highest BCUT2D eigenvalue weighted by molar-refractivity contribution is 6.31. The maximum atomic E-state index is 13.1. The molecular formula is C25H30ClN3O7. The Kier molecular flexibility index (Phi) is 11.4. The van der Waals surface area contributed by atoms with Gasteiger partial charge in [-0.2, -0.15) is 5.26 Å². The number of hydrogen-bond acceptors (Lipinski definition) is 10. The van der Waals surface area contributed by atoms with Crippen molar-refractivity contribution in [3.8, 4) is 6.07 Å². The molecule has 0 bridgehead atoms. The zero-order valence-electron chi connectivity index (χ0n) is 20.7. The number of allylic oxidation sites excluding steroid dienone is 1. The fourth-order valence-corrected chi connectivity index (χ4v) is 3.96. The van der Waals surface area contributed by atoms with Crippen molar-refractivity contribution in [2.24, 2.45) is 0 Å². The molecule has 1 aromatic carbocycles. The fraction of sp³-hybridized carbons (Fsp3) is 0.440. The average molecular weight is 520 g/mol. The van der Waals surface area contributed by atoms with Gasteiger partial charge in [-0.25, -0.2) is 14.4 Å². The number of methoxy groups -OCH3 is 1. The van der Waals surface area contributed by atoms with E-state index in [0.29, 0.717) is 22.0 Å². The number of hydrogen-bond donors (Lipinski definition) is 2. The van der Waals surface area contributed by atoms with Crippen molar-refractivity contribution >= 4 is 29.5 Å². The number of nitrogens with zero attached hydrogens (tertiary/aromatic N) is 1. The van der Waals surface area contributed by atoms with E-state index in [1.54, 1.807) is 45.0 Å². The minimum atomic E-state index is -1.12. The molecule has 2 N–H and O–H groups in total. The van der Waals surface area contributed by atoms with Crippen LogP contribution in [0.1, 0.15) is 32.3 Å². The molecule has 36 heavy (non-hydrogen) atoms. The van der Waals surface area contributed by atoms with Gasteiger partial charge in [-0.15, -0.1) is 0 Å². The van der Waals surface area contributed by atoms with Crippen molar-refractivity contribution < 1.29 is 33.3 Å². The Hall–Kier alpha value is -3.39. The summed E-state index contributed by atoms with van der Waals surface area (Å²) in [5.74, 6) is -2.76. The molecule has 2 rings (SSSR count). The molecule has 0 spiro atoms. The SMILES string of the molecule is CCOC(=O)C1=C(COCCNC(C#N)C(=O)OCC)NC(C)=C(C(=O)OC)C1c1ccccc1Cl. The number of ether oxygens (including phenoxy) is 4. The predicted molar refractivity (Wildman–Crippen MR) is 131 cm³/mol.